The van der Waals surface area contributed by atoms with E-state index in [2.05, 4.69) is 6.92 Å². The van der Waals surface area contributed by atoms with Crippen LogP contribution in [0.2, 0.25) is 0 Å². The van der Waals surface area contributed by atoms with E-state index in [-0.39, 0.29) is 13.0 Å². The standard InChI is InChI=1S/C17H36NO3/c1-3-5-6-7-8-9-10-11-12-13-14-15-17(19)18(20,21)16-4-2/h20-21H,3-16H2,1-2H3/q+1. The molecule has 0 unspecified atom stereocenters. The minimum atomic E-state index is -1.44. The van der Waals surface area contributed by atoms with E-state index in [9.17, 15) is 15.2 Å². The van der Waals surface area contributed by atoms with Crippen molar-refractivity contribution in [2.24, 2.45) is 0 Å². The fraction of sp³-hybridized carbons (Fsp3) is 0.941. The van der Waals surface area contributed by atoms with Crippen molar-refractivity contribution in [3.63, 3.8) is 0 Å². The van der Waals surface area contributed by atoms with Gasteiger partial charge in [0, 0.05) is 11.2 Å². The third kappa shape index (κ3) is 11.8. The van der Waals surface area contributed by atoms with Crippen molar-refractivity contribution in [3.05, 3.63) is 0 Å². The minimum Gasteiger partial charge on any atom is -0.224 e. The van der Waals surface area contributed by atoms with Gasteiger partial charge in [0.1, 0.15) is 0 Å². The Hall–Kier alpha value is -0.450. The minimum absolute atomic E-state index is 0.0802. The number of carbonyl (C=O) groups is 1. The number of unbranched alkanes of at least 4 members (excludes halogenated alkanes) is 10. The molecule has 2 N–H and O–H groups in total. The summed E-state index contributed by atoms with van der Waals surface area (Å²) in [5, 5.41) is 19.0. The molecule has 0 bridgehead atoms. The average Bonchev–Trinajstić information content (AvgIpc) is 2.44. The monoisotopic (exact) mass is 302 g/mol. The van der Waals surface area contributed by atoms with Crippen LogP contribution in [0.15, 0.2) is 0 Å². The molecule has 0 heterocycles. The fourth-order valence-electron chi connectivity index (χ4n) is 2.56. The molecule has 0 saturated carbocycles. The molecule has 0 aliphatic rings. The summed E-state index contributed by atoms with van der Waals surface area (Å²) in [5.74, 6) is -0.479. The Bertz CT molecular complexity index is 254. The van der Waals surface area contributed by atoms with Crippen LogP contribution in [0.3, 0.4) is 0 Å². The molecule has 0 fully saturated rings. The van der Waals surface area contributed by atoms with E-state index in [1.54, 1.807) is 0 Å². The van der Waals surface area contributed by atoms with E-state index in [0.717, 1.165) is 19.3 Å². The molecule has 0 aromatic rings. The second kappa shape index (κ2) is 13.2. The number of nitrogens with zero attached hydrogens (tertiary/aromatic N) is 1. The maximum atomic E-state index is 11.6. The van der Waals surface area contributed by atoms with Gasteiger partial charge in [-0.15, -0.1) is 0 Å². The summed E-state index contributed by atoms with van der Waals surface area (Å²) in [7, 11) is 0. The number of hydroxylamine groups is 4. The maximum Gasteiger partial charge on any atom is 0.378 e. The van der Waals surface area contributed by atoms with Crippen molar-refractivity contribution in [3.8, 4) is 0 Å². The molecular formula is C17H36NO3+. The molecule has 0 aromatic heterocycles. The second-order valence-corrected chi connectivity index (χ2v) is 6.13. The predicted molar refractivity (Wildman–Crippen MR) is 85.1 cm³/mol. The van der Waals surface area contributed by atoms with E-state index >= 15 is 0 Å². The molecule has 0 spiro atoms. The first-order chi connectivity index (χ1) is 10.0. The van der Waals surface area contributed by atoms with E-state index < -0.39 is 10.7 Å². The second-order valence-electron chi connectivity index (χ2n) is 6.13. The van der Waals surface area contributed by atoms with Crippen molar-refractivity contribution in [1.29, 1.82) is 0 Å². The van der Waals surface area contributed by atoms with Crippen molar-refractivity contribution in [2.75, 3.05) is 6.54 Å². The summed E-state index contributed by atoms with van der Waals surface area (Å²) >= 11 is 0. The lowest BCUT2D eigenvalue weighted by Gasteiger charge is -2.17. The summed E-state index contributed by atoms with van der Waals surface area (Å²) in [6.45, 7) is 4.15. The van der Waals surface area contributed by atoms with Crippen LogP contribution in [0.25, 0.3) is 0 Å². The van der Waals surface area contributed by atoms with E-state index in [4.69, 9.17) is 0 Å². The highest BCUT2D eigenvalue weighted by molar-refractivity contribution is 5.67. The van der Waals surface area contributed by atoms with Gasteiger partial charge in [-0.2, -0.15) is 10.4 Å². The SMILES string of the molecule is CCCCCCCCCCCCCC(=O)[N+](O)(O)CCC. The van der Waals surface area contributed by atoms with Gasteiger partial charge in [-0.1, -0.05) is 78.1 Å². The van der Waals surface area contributed by atoms with Gasteiger partial charge in [-0.25, -0.2) is 4.79 Å². The van der Waals surface area contributed by atoms with Crippen molar-refractivity contribution in [2.45, 2.75) is 97.3 Å². The van der Waals surface area contributed by atoms with Gasteiger partial charge in [0.2, 0.25) is 0 Å². The Balaban J connectivity index is 3.34. The summed E-state index contributed by atoms with van der Waals surface area (Å²) in [6.07, 6.45) is 14.4. The highest BCUT2D eigenvalue weighted by Crippen LogP contribution is 2.13. The number of rotatable bonds is 14. The molecule has 0 aliphatic heterocycles. The van der Waals surface area contributed by atoms with E-state index in [0.29, 0.717) is 6.42 Å². The maximum absolute atomic E-state index is 11.6. The zero-order valence-corrected chi connectivity index (χ0v) is 14.1. The summed E-state index contributed by atoms with van der Waals surface area (Å²) in [5.41, 5.74) is 0. The van der Waals surface area contributed by atoms with Gasteiger partial charge in [0.25, 0.3) is 0 Å². The molecule has 21 heavy (non-hydrogen) atoms. The molecule has 126 valence electrons. The fourth-order valence-corrected chi connectivity index (χ4v) is 2.56. The van der Waals surface area contributed by atoms with Crippen LogP contribution in [-0.4, -0.2) is 27.7 Å². The van der Waals surface area contributed by atoms with Gasteiger partial charge in [0.15, 0.2) is 6.54 Å². The van der Waals surface area contributed by atoms with Gasteiger partial charge < -0.3 is 0 Å². The van der Waals surface area contributed by atoms with Crippen LogP contribution in [0.4, 0.5) is 0 Å². The van der Waals surface area contributed by atoms with Crippen LogP contribution >= 0.6 is 0 Å². The van der Waals surface area contributed by atoms with E-state index in [1.807, 2.05) is 6.92 Å². The highest BCUT2D eigenvalue weighted by Gasteiger charge is 2.32. The van der Waals surface area contributed by atoms with Crippen molar-refractivity contribution >= 4 is 5.91 Å². The Morgan fingerprint density at radius 2 is 1.14 bits per heavy atom. The number of quaternary nitrogens is 1. The molecule has 4 heteroatoms. The zero-order valence-electron chi connectivity index (χ0n) is 14.1. The van der Waals surface area contributed by atoms with Crippen LogP contribution in [0, 0.1) is 0 Å². The summed E-state index contributed by atoms with van der Waals surface area (Å²) < 4.78 is 0. The number of hydrogen-bond donors (Lipinski definition) is 2. The number of amides is 1. The Morgan fingerprint density at radius 1 is 0.714 bits per heavy atom. The molecule has 0 saturated heterocycles. The Kier molecular flexibility index (Phi) is 12.9. The predicted octanol–water partition coefficient (Wildman–Crippen LogP) is 5.22. The molecule has 0 aromatic carbocycles. The van der Waals surface area contributed by atoms with Crippen LogP contribution in [0.5, 0.6) is 0 Å². The first-order valence-corrected chi connectivity index (χ1v) is 8.91. The molecule has 4 nitrogen and oxygen atoms in total. The van der Waals surface area contributed by atoms with Crippen LogP contribution < -0.4 is 0 Å². The Morgan fingerprint density at radius 3 is 1.57 bits per heavy atom. The lowest BCUT2D eigenvalue weighted by Crippen LogP contribution is -2.47. The molecular weight excluding hydrogens is 266 g/mol. The molecule has 1 amide bonds. The molecule has 0 atom stereocenters. The highest BCUT2D eigenvalue weighted by atomic mass is 16.8. The number of carbonyl (C=O) groups excluding carboxylic acids is 1. The molecule has 0 aliphatic carbocycles. The third-order valence-corrected chi connectivity index (χ3v) is 3.93. The van der Waals surface area contributed by atoms with Crippen molar-refractivity contribution < 1.29 is 20.0 Å². The lowest BCUT2D eigenvalue weighted by molar-refractivity contribution is -1.19. The van der Waals surface area contributed by atoms with E-state index in [1.165, 1.54) is 51.4 Å². The lowest BCUT2D eigenvalue weighted by atomic mass is 10.1. The summed E-state index contributed by atoms with van der Waals surface area (Å²) in [6, 6.07) is 0. The van der Waals surface area contributed by atoms with Crippen LogP contribution in [-0.2, 0) is 4.79 Å². The molecule has 0 rings (SSSR count). The topological polar surface area (TPSA) is 57.5 Å². The molecule has 0 radical (unpaired) electrons. The normalized spacial score (nSPS) is 11.8. The van der Waals surface area contributed by atoms with Gasteiger partial charge in [-0.3, -0.25) is 0 Å². The Labute approximate surface area is 130 Å². The smallest absolute Gasteiger partial charge is 0.224 e. The largest absolute Gasteiger partial charge is 0.378 e. The summed E-state index contributed by atoms with van der Waals surface area (Å²) in [4.78, 5) is 10.2. The quantitative estimate of drug-likeness (QED) is 0.200. The zero-order chi connectivity index (χ0) is 16.0. The third-order valence-electron chi connectivity index (χ3n) is 3.93. The number of hydrogen-bond acceptors (Lipinski definition) is 3. The first kappa shape index (κ1) is 20.6. The van der Waals surface area contributed by atoms with Gasteiger partial charge >= 0.3 is 5.91 Å². The van der Waals surface area contributed by atoms with Crippen LogP contribution in [0.1, 0.15) is 97.3 Å². The van der Waals surface area contributed by atoms with Crippen molar-refractivity contribution in [1.82, 2.24) is 0 Å². The van der Waals surface area contributed by atoms with Gasteiger partial charge in [-0.05, 0) is 6.42 Å². The first-order valence-electron chi connectivity index (χ1n) is 8.91. The average molecular weight is 302 g/mol. The van der Waals surface area contributed by atoms with Gasteiger partial charge in [0.05, 0.1) is 6.42 Å².